The van der Waals surface area contributed by atoms with Crippen molar-refractivity contribution in [2.75, 3.05) is 6.61 Å². The fourth-order valence-corrected chi connectivity index (χ4v) is 2.62. The number of amides is 1. The van der Waals surface area contributed by atoms with Crippen LogP contribution in [-0.2, 0) is 9.53 Å². The number of hydrogen-bond donors (Lipinski definition) is 2. The first-order valence-electron chi connectivity index (χ1n) is 8.13. The highest BCUT2D eigenvalue weighted by atomic mass is 16.5. The predicted molar refractivity (Wildman–Crippen MR) is 87.3 cm³/mol. The summed E-state index contributed by atoms with van der Waals surface area (Å²) in [6.45, 7) is 17.5. The summed E-state index contributed by atoms with van der Waals surface area (Å²) < 4.78 is 5.97. The van der Waals surface area contributed by atoms with Crippen LogP contribution in [0.25, 0.3) is 0 Å². The molecule has 1 aliphatic carbocycles. The smallest absolute Gasteiger partial charge is 0.237 e. The van der Waals surface area contributed by atoms with Crippen molar-refractivity contribution >= 4 is 5.91 Å². The van der Waals surface area contributed by atoms with Gasteiger partial charge in [0.2, 0.25) is 5.91 Å². The van der Waals surface area contributed by atoms with Crippen molar-refractivity contribution in [2.24, 2.45) is 11.3 Å². The molecule has 124 valence electrons. The number of rotatable bonds is 6. The molecule has 3 atom stereocenters. The summed E-state index contributed by atoms with van der Waals surface area (Å²) >= 11 is 0. The quantitative estimate of drug-likeness (QED) is 0.793. The van der Waals surface area contributed by atoms with Crippen LogP contribution in [0.1, 0.15) is 61.8 Å². The molecule has 2 N–H and O–H groups in total. The third kappa shape index (κ3) is 5.26. The summed E-state index contributed by atoms with van der Waals surface area (Å²) in [6.07, 6.45) is 1.27. The molecule has 3 unspecified atom stereocenters. The van der Waals surface area contributed by atoms with E-state index in [9.17, 15) is 4.79 Å². The highest BCUT2D eigenvalue weighted by molar-refractivity contribution is 5.82. The largest absolute Gasteiger partial charge is 0.377 e. The first-order valence-corrected chi connectivity index (χ1v) is 8.13. The minimum Gasteiger partial charge on any atom is -0.377 e. The summed E-state index contributed by atoms with van der Waals surface area (Å²) in [5.41, 5.74) is -0.115. The van der Waals surface area contributed by atoms with Crippen LogP contribution in [0, 0.1) is 11.3 Å². The Kier molecular flexibility index (Phi) is 5.84. The topological polar surface area (TPSA) is 50.4 Å². The van der Waals surface area contributed by atoms with E-state index in [4.69, 9.17) is 4.74 Å². The molecule has 0 aromatic heterocycles. The number of hydrogen-bond acceptors (Lipinski definition) is 3. The van der Waals surface area contributed by atoms with Gasteiger partial charge < -0.3 is 15.4 Å². The normalized spacial score (nSPS) is 26.3. The lowest BCUT2D eigenvalue weighted by molar-refractivity contribution is -0.134. The maximum atomic E-state index is 12.1. The molecule has 0 radical (unpaired) electrons. The van der Waals surface area contributed by atoms with Gasteiger partial charge in [-0.1, -0.05) is 27.7 Å². The van der Waals surface area contributed by atoms with Crippen LogP contribution in [0.4, 0.5) is 0 Å². The van der Waals surface area contributed by atoms with Gasteiger partial charge in [0.15, 0.2) is 0 Å². The van der Waals surface area contributed by atoms with Crippen LogP contribution in [0.2, 0.25) is 0 Å². The molecule has 0 spiro atoms. The van der Waals surface area contributed by atoms with E-state index in [0.29, 0.717) is 12.0 Å². The summed E-state index contributed by atoms with van der Waals surface area (Å²) in [4.78, 5) is 12.1. The Morgan fingerprint density at radius 3 is 2.29 bits per heavy atom. The second-order valence-electron chi connectivity index (χ2n) is 8.45. The Labute approximate surface area is 130 Å². The van der Waals surface area contributed by atoms with E-state index in [2.05, 4.69) is 38.3 Å². The minimum absolute atomic E-state index is 0.0600. The Balaban J connectivity index is 2.45. The van der Waals surface area contributed by atoms with Gasteiger partial charge in [-0.3, -0.25) is 4.79 Å². The summed E-state index contributed by atoms with van der Waals surface area (Å²) in [5.74, 6) is 0.620. The van der Waals surface area contributed by atoms with Crippen molar-refractivity contribution in [3.63, 3.8) is 0 Å². The Morgan fingerprint density at radius 2 is 1.86 bits per heavy atom. The lowest BCUT2D eigenvalue weighted by atomic mass is 9.64. The second kappa shape index (κ2) is 6.66. The van der Waals surface area contributed by atoms with Crippen LogP contribution in [-0.4, -0.2) is 36.2 Å². The molecular weight excluding hydrogens is 264 g/mol. The predicted octanol–water partition coefficient (Wildman–Crippen LogP) is 2.72. The third-order valence-electron chi connectivity index (χ3n) is 4.15. The van der Waals surface area contributed by atoms with Crippen molar-refractivity contribution in [3.8, 4) is 0 Å². The van der Waals surface area contributed by atoms with Crippen molar-refractivity contribution < 1.29 is 9.53 Å². The second-order valence-corrected chi connectivity index (χ2v) is 8.45. The van der Waals surface area contributed by atoms with Crippen molar-refractivity contribution in [1.82, 2.24) is 10.6 Å². The van der Waals surface area contributed by atoms with Gasteiger partial charge in [-0.25, -0.2) is 0 Å². The van der Waals surface area contributed by atoms with E-state index in [1.54, 1.807) is 0 Å². The van der Waals surface area contributed by atoms with Crippen LogP contribution < -0.4 is 10.6 Å². The molecule has 0 aromatic carbocycles. The molecule has 0 aromatic rings. The van der Waals surface area contributed by atoms with E-state index >= 15 is 0 Å². The molecule has 0 saturated heterocycles. The number of nitrogens with one attached hydrogen (secondary N) is 2. The summed E-state index contributed by atoms with van der Waals surface area (Å²) in [5, 5.41) is 6.47. The van der Waals surface area contributed by atoms with Crippen LogP contribution in [0.3, 0.4) is 0 Å². The van der Waals surface area contributed by atoms with E-state index in [-0.39, 0.29) is 29.0 Å². The first kappa shape index (κ1) is 18.4. The molecule has 1 amide bonds. The lowest BCUT2D eigenvalue weighted by Gasteiger charge is -2.52. The summed E-state index contributed by atoms with van der Waals surface area (Å²) in [7, 11) is 0. The zero-order valence-corrected chi connectivity index (χ0v) is 15.0. The average Bonchev–Trinajstić information content (AvgIpc) is 2.29. The maximum absolute atomic E-state index is 12.1. The molecule has 21 heavy (non-hydrogen) atoms. The number of carbonyl (C=O) groups excluding carboxylic acids is 1. The SMILES string of the molecule is CC(C)COC1CC(NC(C)C(=O)NC(C)(C)C)C1(C)C. The van der Waals surface area contributed by atoms with Gasteiger partial charge in [-0.2, -0.15) is 0 Å². The first-order chi connectivity index (χ1) is 9.43. The van der Waals surface area contributed by atoms with Crippen LogP contribution in [0.5, 0.6) is 0 Å². The Morgan fingerprint density at radius 1 is 1.29 bits per heavy atom. The van der Waals surface area contributed by atoms with Gasteiger partial charge >= 0.3 is 0 Å². The standard InChI is InChI=1S/C17H34N2O2/c1-11(2)10-21-14-9-13(17(14,7)8)18-12(3)15(20)19-16(4,5)6/h11-14,18H,9-10H2,1-8H3,(H,19,20). The van der Waals surface area contributed by atoms with Crippen molar-refractivity contribution in [2.45, 2.75) is 85.5 Å². The summed E-state index contributed by atoms with van der Waals surface area (Å²) in [6, 6.07) is 0.148. The molecule has 1 saturated carbocycles. The van der Waals surface area contributed by atoms with E-state index in [0.717, 1.165) is 13.0 Å². The molecule has 1 rings (SSSR count). The lowest BCUT2D eigenvalue weighted by Crippen LogP contribution is -2.64. The number of carbonyl (C=O) groups is 1. The molecule has 0 bridgehead atoms. The molecule has 4 nitrogen and oxygen atoms in total. The molecule has 0 heterocycles. The molecule has 1 fully saturated rings. The highest BCUT2D eigenvalue weighted by Crippen LogP contribution is 2.43. The van der Waals surface area contributed by atoms with Gasteiger partial charge in [0.25, 0.3) is 0 Å². The van der Waals surface area contributed by atoms with Crippen LogP contribution in [0.15, 0.2) is 0 Å². The van der Waals surface area contributed by atoms with Gasteiger partial charge in [-0.05, 0) is 40.0 Å². The average molecular weight is 298 g/mol. The van der Waals surface area contributed by atoms with E-state index in [1.807, 2.05) is 27.7 Å². The van der Waals surface area contributed by atoms with E-state index in [1.165, 1.54) is 0 Å². The van der Waals surface area contributed by atoms with E-state index < -0.39 is 0 Å². The fraction of sp³-hybridized carbons (Fsp3) is 0.941. The Bertz CT molecular complexity index is 358. The van der Waals surface area contributed by atoms with Crippen LogP contribution >= 0.6 is 0 Å². The maximum Gasteiger partial charge on any atom is 0.237 e. The monoisotopic (exact) mass is 298 g/mol. The van der Waals surface area contributed by atoms with Gasteiger partial charge in [0.05, 0.1) is 12.1 Å². The third-order valence-corrected chi connectivity index (χ3v) is 4.15. The van der Waals surface area contributed by atoms with Crippen molar-refractivity contribution in [1.29, 1.82) is 0 Å². The highest BCUT2D eigenvalue weighted by Gasteiger charge is 2.49. The zero-order valence-electron chi connectivity index (χ0n) is 15.0. The molecule has 0 aliphatic heterocycles. The number of ether oxygens (including phenoxy) is 1. The Hall–Kier alpha value is -0.610. The van der Waals surface area contributed by atoms with Gasteiger partial charge in [0, 0.05) is 23.6 Å². The van der Waals surface area contributed by atoms with Gasteiger partial charge in [0.1, 0.15) is 0 Å². The molecule has 4 heteroatoms. The molecule has 1 aliphatic rings. The fourth-order valence-electron chi connectivity index (χ4n) is 2.62. The van der Waals surface area contributed by atoms with Gasteiger partial charge in [-0.15, -0.1) is 0 Å². The minimum atomic E-state index is -0.189. The van der Waals surface area contributed by atoms with Crippen molar-refractivity contribution in [3.05, 3.63) is 0 Å². The zero-order chi connectivity index (χ0) is 16.4. The molecular formula is C17H34N2O2.